The van der Waals surface area contributed by atoms with E-state index in [1.165, 1.54) is 9.80 Å². The maximum atomic E-state index is 14.8. The maximum absolute atomic E-state index is 14.8. The second-order valence-corrected chi connectivity index (χ2v) is 22.5. The summed E-state index contributed by atoms with van der Waals surface area (Å²) in [5.41, 5.74) is 9.14. The Morgan fingerprint density at radius 3 is 0.846 bits per heavy atom. The van der Waals surface area contributed by atoms with Crippen LogP contribution in [-0.4, -0.2) is 23.6 Å². The lowest BCUT2D eigenvalue weighted by Gasteiger charge is -2.32. The molecular formula is C72H52N2O4. The zero-order chi connectivity index (χ0) is 53.7. The maximum Gasteiger partial charge on any atom is 0.266 e. The number of para-hydroxylation sites is 2. The fourth-order valence-corrected chi connectivity index (χ4v) is 13.3. The number of benzene rings is 12. The molecule has 0 N–H and O–H groups in total. The summed E-state index contributed by atoms with van der Waals surface area (Å²) in [6.07, 6.45) is 0. The van der Waals surface area contributed by atoms with E-state index in [0.717, 1.165) is 109 Å². The first-order valence-electron chi connectivity index (χ1n) is 27.1. The molecule has 2 heterocycles. The van der Waals surface area contributed by atoms with E-state index >= 15 is 0 Å². The van der Waals surface area contributed by atoms with Gasteiger partial charge >= 0.3 is 0 Å². The van der Waals surface area contributed by atoms with Crippen LogP contribution in [-0.2, 0) is 0 Å². The van der Waals surface area contributed by atoms with Crippen LogP contribution in [0.25, 0.3) is 86.2 Å². The molecule has 0 unspecified atom stereocenters. The van der Waals surface area contributed by atoms with Crippen LogP contribution in [0.15, 0.2) is 146 Å². The van der Waals surface area contributed by atoms with Crippen LogP contribution in [0.3, 0.4) is 0 Å². The van der Waals surface area contributed by atoms with E-state index in [1.54, 1.807) is 0 Å². The quantitative estimate of drug-likeness (QED) is 0.0720. The summed E-state index contributed by atoms with van der Waals surface area (Å²) in [5, 5.41) is 15.4. The Morgan fingerprint density at radius 2 is 0.538 bits per heavy atom. The van der Waals surface area contributed by atoms with Crippen LogP contribution >= 0.6 is 0 Å². The van der Waals surface area contributed by atoms with Gasteiger partial charge in [0.2, 0.25) is 0 Å². The number of carbonyl (C=O) groups excluding carboxylic acids is 4. The summed E-state index contributed by atoms with van der Waals surface area (Å²) < 4.78 is 0. The van der Waals surface area contributed by atoms with Gasteiger partial charge in [-0.1, -0.05) is 176 Å². The van der Waals surface area contributed by atoms with Gasteiger partial charge in [0.25, 0.3) is 23.6 Å². The highest BCUT2D eigenvalue weighted by molar-refractivity contribution is 6.44. The van der Waals surface area contributed by atoms with Gasteiger partial charge in [0.15, 0.2) is 0 Å². The minimum absolute atomic E-state index is 0.107. The van der Waals surface area contributed by atoms with Crippen molar-refractivity contribution in [2.75, 3.05) is 9.80 Å². The third-order valence-electron chi connectivity index (χ3n) is 16.9. The molecular weight excluding hydrogens is 957 g/mol. The number of rotatable bonds is 6. The number of hydrogen-bond acceptors (Lipinski definition) is 4. The summed E-state index contributed by atoms with van der Waals surface area (Å²) in [6.45, 7) is 16.8. The fourth-order valence-electron chi connectivity index (χ4n) is 13.3. The van der Waals surface area contributed by atoms with Gasteiger partial charge in [-0.15, -0.1) is 0 Å². The van der Waals surface area contributed by atoms with Crippen LogP contribution in [0.2, 0.25) is 0 Å². The number of nitrogens with zero attached hydrogens (tertiary/aromatic N) is 2. The monoisotopic (exact) mass is 1010 g/mol. The zero-order valence-electron chi connectivity index (χ0n) is 44.7. The molecule has 12 aromatic carbocycles. The van der Waals surface area contributed by atoms with E-state index in [9.17, 15) is 19.2 Å². The molecule has 14 rings (SSSR count). The molecule has 0 fully saturated rings. The van der Waals surface area contributed by atoms with Crippen LogP contribution in [0.1, 0.15) is 154 Å². The van der Waals surface area contributed by atoms with Crippen molar-refractivity contribution in [3.63, 3.8) is 0 Å². The Labute approximate surface area is 451 Å². The summed E-state index contributed by atoms with van der Waals surface area (Å²) in [7, 11) is 0. The van der Waals surface area contributed by atoms with Crippen LogP contribution < -0.4 is 9.80 Å². The van der Waals surface area contributed by atoms with Crippen molar-refractivity contribution >= 4 is 121 Å². The SMILES string of the molecule is CC(C)c1cccc(C(C)C)c1N1C(=O)c2ccc3c4cccc5c(C#CC#Cc6ccc7c8ccc9c%10c(ccc(c%11cccc6c%117)c%108)C(=O)N(c6c(C(C)C)cccc6C(C)C)C9=O)ccc(c6ccc(c2c36)C1=O)c54. The van der Waals surface area contributed by atoms with Crippen molar-refractivity contribution in [2.24, 2.45) is 0 Å². The predicted molar refractivity (Wildman–Crippen MR) is 321 cm³/mol. The van der Waals surface area contributed by atoms with E-state index in [1.807, 2.05) is 97.1 Å². The van der Waals surface area contributed by atoms with Gasteiger partial charge in [-0.3, -0.25) is 19.2 Å². The molecule has 2 aliphatic heterocycles. The van der Waals surface area contributed by atoms with Crippen molar-refractivity contribution in [1.82, 2.24) is 0 Å². The third-order valence-corrected chi connectivity index (χ3v) is 16.9. The van der Waals surface area contributed by atoms with Crippen molar-refractivity contribution in [3.8, 4) is 23.7 Å². The molecule has 2 aliphatic rings. The smallest absolute Gasteiger partial charge is 0.266 e. The highest BCUT2D eigenvalue weighted by Gasteiger charge is 2.40. The average molecular weight is 1010 g/mol. The molecule has 0 aromatic heterocycles. The molecule has 6 heteroatoms. The molecule has 4 amide bonds. The highest BCUT2D eigenvalue weighted by Crippen LogP contribution is 2.49. The third kappa shape index (κ3) is 6.41. The molecule has 0 radical (unpaired) electrons. The van der Waals surface area contributed by atoms with E-state index < -0.39 is 0 Å². The van der Waals surface area contributed by atoms with Crippen LogP contribution in [0, 0.1) is 23.7 Å². The van der Waals surface area contributed by atoms with Gasteiger partial charge in [-0.05, 0) is 170 Å². The van der Waals surface area contributed by atoms with E-state index in [0.29, 0.717) is 44.4 Å². The molecule has 12 aromatic rings. The van der Waals surface area contributed by atoms with Gasteiger partial charge in [0.1, 0.15) is 0 Å². The van der Waals surface area contributed by atoms with Gasteiger partial charge in [-0.2, -0.15) is 0 Å². The molecule has 0 aliphatic carbocycles. The molecule has 0 saturated heterocycles. The van der Waals surface area contributed by atoms with E-state index in [4.69, 9.17) is 0 Å². The van der Waals surface area contributed by atoms with Crippen molar-refractivity contribution in [1.29, 1.82) is 0 Å². The summed E-state index contributed by atoms with van der Waals surface area (Å²) in [6, 6.07) is 48.9. The van der Waals surface area contributed by atoms with Crippen LogP contribution in [0.4, 0.5) is 11.4 Å². The van der Waals surface area contributed by atoms with Crippen LogP contribution in [0.5, 0.6) is 0 Å². The van der Waals surface area contributed by atoms with Gasteiger partial charge in [0.05, 0.1) is 11.4 Å². The first-order chi connectivity index (χ1) is 37.7. The number of hydrogen-bond donors (Lipinski definition) is 0. The van der Waals surface area contributed by atoms with E-state index in [-0.39, 0.29) is 47.3 Å². The Hall–Kier alpha value is -9.36. The molecule has 374 valence electrons. The molecule has 0 bridgehead atoms. The second-order valence-electron chi connectivity index (χ2n) is 22.5. The second kappa shape index (κ2) is 17.1. The number of amides is 4. The minimum Gasteiger partial charge on any atom is -0.268 e. The number of carbonyl (C=O) groups is 4. The Morgan fingerprint density at radius 1 is 0.282 bits per heavy atom. The zero-order valence-corrected chi connectivity index (χ0v) is 44.7. The standard InChI is InChI=1S/C72H52N2O4/c1-37(2)43-17-11-18-44(38(3)4)67(43)73-69(75)57-33-29-53-49-23-13-21-47-41(25-27-51(61(47)49)55-31-35-59(71(73)77)65(57)63(53)55)15-9-10-16-42-26-28-52-56-32-36-60-66-58(34-30-54(64(56)66)50-24-14-22-48(42)62(50)52)70(76)74(72(60)78)68-45(39(5)6)19-12-20-46(68)40(7)8/h11-14,17-40H,1-8H3. The normalized spacial score (nSPS) is 13.7. The Kier molecular flexibility index (Phi) is 10.3. The number of fused-ring (bicyclic) bond motifs is 4. The summed E-state index contributed by atoms with van der Waals surface area (Å²) in [5.74, 6) is 12.4. The highest BCUT2D eigenvalue weighted by atomic mass is 16.2. The fraction of sp³-hybridized carbons (Fsp3) is 0.167. The van der Waals surface area contributed by atoms with Gasteiger partial charge < -0.3 is 0 Å². The summed E-state index contributed by atoms with van der Waals surface area (Å²) >= 11 is 0. The number of anilines is 2. The Bertz CT molecular complexity index is 4360. The predicted octanol–water partition coefficient (Wildman–Crippen LogP) is 17.3. The first kappa shape index (κ1) is 47.1. The van der Waals surface area contributed by atoms with Gasteiger partial charge in [-0.25, -0.2) is 9.80 Å². The first-order valence-corrected chi connectivity index (χ1v) is 27.1. The molecule has 0 spiro atoms. The average Bonchev–Trinajstić information content (AvgIpc) is 2.96. The Balaban J connectivity index is 0.844. The van der Waals surface area contributed by atoms with Gasteiger partial charge in [0, 0.05) is 44.2 Å². The topological polar surface area (TPSA) is 74.8 Å². The molecule has 0 atom stereocenters. The lowest BCUT2D eigenvalue weighted by atomic mass is 9.83. The number of imide groups is 2. The minimum atomic E-state index is -0.297. The van der Waals surface area contributed by atoms with Crippen molar-refractivity contribution < 1.29 is 19.2 Å². The largest absolute Gasteiger partial charge is 0.268 e. The molecule has 0 saturated carbocycles. The van der Waals surface area contributed by atoms with E-state index in [2.05, 4.69) is 128 Å². The lowest BCUT2D eigenvalue weighted by Crippen LogP contribution is -2.41. The molecule has 78 heavy (non-hydrogen) atoms. The lowest BCUT2D eigenvalue weighted by molar-refractivity contribution is 0.0877. The van der Waals surface area contributed by atoms with Crippen molar-refractivity contribution in [2.45, 2.75) is 79.1 Å². The summed E-state index contributed by atoms with van der Waals surface area (Å²) in [4.78, 5) is 62.0. The van der Waals surface area contributed by atoms with Crippen molar-refractivity contribution in [3.05, 3.63) is 201 Å². The molecule has 6 nitrogen and oxygen atoms in total.